The number of hydrazone groups is 1. The van der Waals surface area contributed by atoms with Crippen molar-refractivity contribution >= 4 is 57.3 Å². The van der Waals surface area contributed by atoms with Gasteiger partial charge in [-0.3, -0.25) is 4.79 Å². The molecular formula is C18H13FI2N2O2. The minimum Gasteiger partial charge on any atom is -0.479 e. The van der Waals surface area contributed by atoms with Crippen molar-refractivity contribution in [3.05, 3.63) is 60.5 Å². The summed E-state index contributed by atoms with van der Waals surface area (Å²) >= 11 is 4.31. The standard InChI is InChI=1S/C18H13FI2N2O2/c1-2-7-25-18-15(20)8-13(9-16(18)21)11-22-23-17(24)10-12-3-5-14(19)6-4-12/h1,3-6,8-9,11H,7,10H2,(H,23,24)/b22-11+. The molecule has 0 aliphatic heterocycles. The van der Waals surface area contributed by atoms with Crippen LogP contribution in [0.1, 0.15) is 11.1 Å². The lowest BCUT2D eigenvalue weighted by Crippen LogP contribution is -2.19. The van der Waals surface area contributed by atoms with Crippen LogP contribution in [0, 0.1) is 25.3 Å². The van der Waals surface area contributed by atoms with Crippen LogP contribution in [-0.2, 0) is 11.2 Å². The second-order valence-corrected chi connectivity index (χ2v) is 7.23. The highest BCUT2D eigenvalue weighted by Crippen LogP contribution is 2.28. The zero-order valence-electron chi connectivity index (χ0n) is 12.9. The number of nitrogens with zero attached hydrogens (tertiary/aromatic N) is 1. The molecule has 2 aromatic carbocycles. The molecule has 0 aliphatic carbocycles. The van der Waals surface area contributed by atoms with Crippen LogP contribution >= 0.6 is 45.2 Å². The van der Waals surface area contributed by atoms with E-state index < -0.39 is 0 Å². The van der Waals surface area contributed by atoms with E-state index in [0.29, 0.717) is 5.56 Å². The first-order valence-corrected chi connectivity index (χ1v) is 9.27. The van der Waals surface area contributed by atoms with Crippen molar-refractivity contribution in [1.29, 1.82) is 0 Å². The zero-order valence-corrected chi connectivity index (χ0v) is 17.2. The van der Waals surface area contributed by atoms with Crippen LogP contribution in [-0.4, -0.2) is 18.7 Å². The molecule has 0 saturated carbocycles. The van der Waals surface area contributed by atoms with E-state index in [0.717, 1.165) is 18.5 Å². The largest absolute Gasteiger partial charge is 0.479 e. The van der Waals surface area contributed by atoms with E-state index in [1.165, 1.54) is 12.1 Å². The second kappa shape index (κ2) is 9.72. The van der Waals surface area contributed by atoms with Crippen molar-refractivity contribution in [1.82, 2.24) is 5.43 Å². The van der Waals surface area contributed by atoms with Crippen LogP contribution in [0.15, 0.2) is 41.5 Å². The number of hydrogen-bond donors (Lipinski definition) is 1. The van der Waals surface area contributed by atoms with E-state index >= 15 is 0 Å². The molecule has 0 aliphatic rings. The number of amides is 1. The average Bonchev–Trinajstić information content (AvgIpc) is 2.56. The van der Waals surface area contributed by atoms with E-state index in [1.54, 1.807) is 18.3 Å². The van der Waals surface area contributed by atoms with E-state index in [4.69, 9.17) is 11.2 Å². The first kappa shape index (κ1) is 19.7. The van der Waals surface area contributed by atoms with Gasteiger partial charge >= 0.3 is 0 Å². The average molecular weight is 562 g/mol. The molecule has 0 spiro atoms. The number of benzene rings is 2. The molecule has 4 nitrogen and oxygen atoms in total. The summed E-state index contributed by atoms with van der Waals surface area (Å²) in [5, 5.41) is 3.95. The molecule has 2 aromatic rings. The molecule has 0 fully saturated rings. The van der Waals surface area contributed by atoms with Crippen LogP contribution in [0.5, 0.6) is 5.75 Å². The Labute approximate surface area is 172 Å². The number of hydrogen-bond acceptors (Lipinski definition) is 3. The van der Waals surface area contributed by atoms with Crippen molar-refractivity contribution in [2.24, 2.45) is 5.10 Å². The second-order valence-electron chi connectivity index (χ2n) is 4.90. The SMILES string of the molecule is C#CCOc1c(I)cc(/C=N/NC(=O)Cc2ccc(F)cc2)cc1I. The summed E-state index contributed by atoms with van der Waals surface area (Å²) in [5.41, 5.74) is 4.00. The lowest BCUT2D eigenvalue weighted by atomic mass is 10.1. The Bertz CT molecular complexity index is 807. The molecule has 0 heterocycles. The van der Waals surface area contributed by atoms with Crippen LogP contribution in [0.3, 0.4) is 0 Å². The van der Waals surface area contributed by atoms with Gasteiger partial charge in [0.2, 0.25) is 5.91 Å². The van der Waals surface area contributed by atoms with Crippen molar-refractivity contribution in [2.45, 2.75) is 6.42 Å². The predicted octanol–water partition coefficient (Wildman–Crippen LogP) is 3.74. The third kappa shape index (κ3) is 6.28. The molecule has 0 bridgehead atoms. The quantitative estimate of drug-likeness (QED) is 0.253. The van der Waals surface area contributed by atoms with Gasteiger partial charge in [-0.1, -0.05) is 18.1 Å². The molecular weight excluding hydrogens is 549 g/mol. The van der Waals surface area contributed by atoms with Gasteiger partial charge in [0, 0.05) is 0 Å². The smallest absolute Gasteiger partial charge is 0.244 e. The number of ether oxygens (including phenoxy) is 1. The topological polar surface area (TPSA) is 50.7 Å². The monoisotopic (exact) mass is 562 g/mol. The maximum atomic E-state index is 12.8. The number of terminal acetylenes is 1. The summed E-state index contributed by atoms with van der Waals surface area (Å²) < 4.78 is 20.1. The van der Waals surface area contributed by atoms with Gasteiger partial charge in [-0.2, -0.15) is 5.10 Å². The van der Waals surface area contributed by atoms with E-state index in [9.17, 15) is 9.18 Å². The molecule has 1 N–H and O–H groups in total. The van der Waals surface area contributed by atoms with E-state index in [1.807, 2.05) is 12.1 Å². The first-order chi connectivity index (χ1) is 12.0. The number of halogens is 3. The third-order valence-electron chi connectivity index (χ3n) is 3.00. The number of nitrogens with one attached hydrogen (secondary N) is 1. The maximum absolute atomic E-state index is 12.8. The van der Waals surface area contributed by atoms with Gasteiger partial charge in [0.1, 0.15) is 18.2 Å². The molecule has 2 rings (SSSR count). The van der Waals surface area contributed by atoms with Crippen LogP contribution < -0.4 is 10.2 Å². The Hall–Kier alpha value is -1.67. The fourth-order valence-electron chi connectivity index (χ4n) is 1.91. The molecule has 1 amide bonds. The molecule has 0 aromatic heterocycles. The number of carbonyl (C=O) groups excluding carboxylic acids is 1. The summed E-state index contributed by atoms with van der Waals surface area (Å²) in [6.07, 6.45) is 6.89. The van der Waals surface area contributed by atoms with Crippen molar-refractivity contribution in [3.63, 3.8) is 0 Å². The van der Waals surface area contributed by atoms with Gasteiger partial charge in [0.25, 0.3) is 0 Å². The highest BCUT2D eigenvalue weighted by Gasteiger charge is 2.08. The molecule has 0 unspecified atom stereocenters. The molecule has 7 heteroatoms. The molecule has 128 valence electrons. The first-order valence-electron chi connectivity index (χ1n) is 7.11. The van der Waals surface area contributed by atoms with Gasteiger partial charge in [0.15, 0.2) is 0 Å². The van der Waals surface area contributed by atoms with Crippen molar-refractivity contribution in [2.75, 3.05) is 6.61 Å². The summed E-state index contributed by atoms with van der Waals surface area (Å²) in [4.78, 5) is 11.8. The Morgan fingerprint density at radius 3 is 2.52 bits per heavy atom. The third-order valence-corrected chi connectivity index (χ3v) is 4.60. The Morgan fingerprint density at radius 1 is 1.28 bits per heavy atom. The number of carbonyl (C=O) groups is 1. The van der Waals surface area contributed by atoms with Crippen molar-refractivity contribution < 1.29 is 13.9 Å². The van der Waals surface area contributed by atoms with Gasteiger partial charge in [-0.15, -0.1) is 6.42 Å². The molecule has 0 radical (unpaired) electrons. The van der Waals surface area contributed by atoms with Crippen molar-refractivity contribution in [3.8, 4) is 18.1 Å². The van der Waals surface area contributed by atoms with Crippen LogP contribution in [0.25, 0.3) is 0 Å². The molecule has 25 heavy (non-hydrogen) atoms. The Kier molecular flexibility index (Phi) is 7.64. The number of rotatable bonds is 6. The predicted molar refractivity (Wildman–Crippen MR) is 112 cm³/mol. The minimum atomic E-state index is -0.332. The summed E-state index contributed by atoms with van der Waals surface area (Å²) in [7, 11) is 0. The fraction of sp³-hybridized carbons (Fsp3) is 0.111. The highest BCUT2D eigenvalue weighted by atomic mass is 127. The van der Waals surface area contributed by atoms with Gasteiger partial charge in [0.05, 0.1) is 19.8 Å². The van der Waals surface area contributed by atoms with E-state index in [-0.39, 0.29) is 24.8 Å². The molecule has 0 saturated heterocycles. The maximum Gasteiger partial charge on any atom is 0.244 e. The normalized spacial score (nSPS) is 10.5. The lowest BCUT2D eigenvalue weighted by molar-refractivity contribution is -0.120. The van der Waals surface area contributed by atoms with Gasteiger partial charge < -0.3 is 4.74 Å². The minimum absolute atomic E-state index is 0.131. The van der Waals surface area contributed by atoms with Gasteiger partial charge in [-0.05, 0) is 80.6 Å². The zero-order chi connectivity index (χ0) is 18.2. The van der Waals surface area contributed by atoms with Gasteiger partial charge in [-0.25, -0.2) is 9.82 Å². The lowest BCUT2D eigenvalue weighted by Gasteiger charge is -2.08. The molecule has 0 atom stereocenters. The van der Waals surface area contributed by atoms with Crippen LogP contribution in [0.4, 0.5) is 4.39 Å². The van der Waals surface area contributed by atoms with Crippen LogP contribution in [0.2, 0.25) is 0 Å². The Balaban J connectivity index is 1.96. The van der Waals surface area contributed by atoms with E-state index in [2.05, 4.69) is 61.6 Å². The fourth-order valence-corrected chi connectivity index (χ4v) is 4.04. The summed E-state index contributed by atoms with van der Waals surface area (Å²) in [6.45, 7) is 0.207. The summed E-state index contributed by atoms with van der Waals surface area (Å²) in [6, 6.07) is 9.53. The highest BCUT2D eigenvalue weighted by molar-refractivity contribution is 14.1. The summed E-state index contributed by atoms with van der Waals surface area (Å²) in [5.74, 6) is 2.56. The Morgan fingerprint density at radius 2 is 1.92 bits per heavy atom.